The molecule has 116 valence electrons. The number of rotatable bonds is 5. The van der Waals surface area contributed by atoms with Crippen molar-refractivity contribution in [2.24, 2.45) is 0 Å². The van der Waals surface area contributed by atoms with Gasteiger partial charge in [-0.1, -0.05) is 29.8 Å². The Morgan fingerprint density at radius 1 is 1.29 bits per heavy atom. The normalized spacial score (nSPS) is 27.5. The Morgan fingerprint density at radius 2 is 2.19 bits per heavy atom. The van der Waals surface area contributed by atoms with Crippen LogP contribution >= 0.6 is 0 Å². The molecule has 1 N–H and O–H groups in total. The van der Waals surface area contributed by atoms with Crippen LogP contribution in [0.4, 0.5) is 0 Å². The molecule has 0 aliphatic carbocycles. The van der Waals surface area contributed by atoms with E-state index in [2.05, 4.69) is 48.3 Å². The minimum absolute atomic E-state index is 0.628. The van der Waals surface area contributed by atoms with Gasteiger partial charge in [0.25, 0.3) is 0 Å². The maximum Gasteiger partial charge on any atom is 0.0111 e. The van der Waals surface area contributed by atoms with Gasteiger partial charge in [-0.15, -0.1) is 0 Å². The Labute approximate surface area is 129 Å². The molecule has 2 heterocycles. The predicted molar refractivity (Wildman–Crippen MR) is 89.7 cm³/mol. The molecule has 2 nitrogen and oxygen atoms in total. The van der Waals surface area contributed by atoms with Gasteiger partial charge in [0.15, 0.2) is 0 Å². The zero-order chi connectivity index (χ0) is 14.7. The lowest BCUT2D eigenvalue weighted by atomic mass is 9.96. The first-order chi connectivity index (χ1) is 10.2. The maximum absolute atomic E-state index is 3.89. The monoisotopic (exact) mass is 286 g/mol. The van der Waals surface area contributed by atoms with Crippen molar-refractivity contribution in [2.45, 2.75) is 70.5 Å². The molecule has 0 aromatic heterocycles. The predicted octanol–water partition coefficient (Wildman–Crippen LogP) is 3.53. The van der Waals surface area contributed by atoms with Crippen molar-refractivity contribution in [2.75, 3.05) is 13.1 Å². The van der Waals surface area contributed by atoms with Crippen LogP contribution in [0.5, 0.6) is 0 Å². The summed E-state index contributed by atoms with van der Waals surface area (Å²) in [5, 5.41) is 3.89. The molecular formula is C19H30N2. The first-order valence-electron chi connectivity index (χ1n) is 8.76. The highest BCUT2D eigenvalue weighted by Gasteiger charge is 2.31. The van der Waals surface area contributed by atoms with Gasteiger partial charge in [0.2, 0.25) is 0 Å². The van der Waals surface area contributed by atoms with Gasteiger partial charge in [-0.3, -0.25) is 0 Å². The van der Waals surface area contributed by atoms with Crippen molar-refractivity contribution in [1.29, 1.82) is 0 Å². The van der Waals surface area contributed by atoms with E-state index < -0.39 is 0 Å². The third kappa shape index (κ3) is 4.08. The number of fused-ring (bicyclic) bond motifs is 1. The summed E-state index contributed by atoms with van der Waals surface area (Å²) in [4.78, 5) is 2.70. The van der Waals surface area contributed by atoms with Crippen LogP contribution in [-0.4, -0.2) is 36.1 Å². The quantitative estimate of drug-likeness (QED) is 0.891. The van der Waals surface area contributed by atoms with Gasteiger partial charge in [0, 0.05) is 18.1 Å². The topological polar surface area (TPSA) is 15.3 Å². The Kier molecular flexibility index (Phi) is 4.97. The maximum atomic E-state index is 3.89. The summed E-state index contributed by atoms with van der Waals surface area (Å²) in [6.07, 6.45) is 7.99. The zero-order valence-electron chi connectivity index (χ0n) is 13.6. The smallest absolute Gasteiger partial charge is 0.0111 e. The summed E-state index contributed by atoms with van der Waals surface area (Å²) in [5.41, 5.74) is 2.86. The van der Waals surface area contributed by atoms with E-state index in [-0.39, 0.29) is 0 Å². The molecule has 0 bridgehead atoms. The Hall–Kier alpha value is -0.860. The number of aryl methyl sites for hydroxylation is 2. The molecule has 2 saturated heterocycles. The largest absolute Gasteiger partial charge is 0.311 e. The molecule has 2 fully saturated rings. The van der Waals surface area contributed by atoms with Crippen LogP contribution in [0.1, 0.15) is 50.2 Å². The first kappa shape index (κ1) is 15.1. The first-order valence-corrected chi connectivity index (χ1v) is 8.76. The van der Waals surface area contributed by atoms with E-state index in [0.717, 1.165) is 12.1 Å². The second-order valence-electron chi connectivity index (χ2n) is 7.15. The van der Waals surface area contributed by atoms with Crippen molar-refractivity contribution in [3.63, 3.8) is 0 Å². The van der Waals surface area contributed by atoms with Crippen LogP contribution in [0, 0.1) is 6.92 Å². The van der Waals surface area contributed by atoms with E-state index in [1.807, 2.05) is 0 Å². The lowest BCUT2D eigenvalue weighted by Crippen LogP contribution is -2.48. The molecule has 21 heavy (non-hydrogen) atoms. The molecule has 3 rings (SSSR count). The van der Waals surface area contributed by atoms with Gasteiger partial charge in [0.05, 0.1) is 0 Å². The molecule has 3 atom stereocenters. The van der Waals surface area contributed by atoms with Crippen molar-refractivity contribution in [3.05, 3.63) is 35.4 Å². The SMILES string of the molecule is Cc1cccc(CCC(C)NC2CCN3CCCC3C2)c1. The van der Waals surface area contributed by atoms with Crippen molar-refractivity contribution < 1.29 is 0 Å². The minimum Gasteiger partial charge on any atom is -0.311 e. The third-order valence-electron chi connectivity index (χ3n) is 5.29. The molecule has 0 amide bonds. The van der Waals surface area contributed by atoms with Crippen molar-refractivity contribution >= 4 is 0 Å². The van der Waals surface area contributed by atoms with Crippen molar-refractivity contribution in [3.8, 4) is 0 Å². The second-order valence-corrected chi connectivity index (χ2v) is 7.15. The third-order valence-corrected chi connectivity index (χ3v) is 5.29. The summed E-state index contributed by atoms with van der Waals surface area (Å²) >= 11 is 0. The summed E-state index contributed by atoms with van der Waals surface area (Å²) in [7, 11) is 0. The van der Waals surface area contributed by atoms with Gasteiger partial charge in [-0.25, -0.2) is 0 Å². The number of piperidine rings is 1. The van der Waals surface area contributed by atoms with Gasteiger partial charge >= 0.3 is 0 Å². The molecule has 2 heteroatoms. The standard InChI is InChI=1S/C19H30N2/c1-15-5-3-6-17(13-15)9-8-16(2)20-18-10-12-21-11-4-7-19(21)14-18/h3,5-6,13,16,18-20H,4,7-12,14H2,1-2H3. The summed E-state index contributed by atoms with van der Waals surface area (Å²) in [5.74, 6) is 0. The highest BCUT2D eigenvalue weighted by atomic mass is 15.2. The van der Waals surface area contributed by atoms with Gasteiger partial charge in [-0.2, -0.15) is 0 Å². The van der Waals surface area contributed by atoms with E-state index in [0.29, 0.717) is 6.04 Å². The van der Waals surface area contributed by atoms with E-state index in [4.69, 9.17) is 0 Å². The molecular weight excluding hydrogens is 256 g/mol. The highest BCUT2D eigenvalue weighted by molar-refractivity contribution is 5.22. The number of nitrogens with zero attached hydrogens (tertiary/aromatic N) is 1. The minimum atomic E-state index is 0.628. The fraction of sp³-hybridized carbons (Fsp3) is 0.684. The Balaban J connectivity index is 1.43. The van der Waals surface area contributed by atoms with Gasteiger partial charge in [0.1, 0.15) is 0 Å². The summed E-state index contributed by atoms with van der Waals surface area (Å²) in [6, 6.07) is 11.2. The van der Waals surface area contributed by atoms with Gasteiger partial charge in [-0.05, 0) is 71.0 Å². The van der Waals surface area contributed by atoms with Crippen molar-refractivity contribution in [1.82, 2.24) is 10.2 Å². The highest BCUT2D eigenvalue weighted by Crippen LogP contribution is 2.27. The molecule has 1 aromatic rings. The number of benzene rings is 1. The van der Waals surface area contributed by atoms with E-state index in [9.17, 15) is 0 Å². The molecule has 0 spiro atoms. The van der Waals surface area contributed by atoms with Crippen LogP contribution in [0.2, 0.25) is 0 Å². The molecule has 1 aromatic carbocycles. The lowest BCUT2D eigenvalue weighted by molar-refractivity contribution is 0.161. The molecule has 0 saturated carbocycles. The molecule has 3 unspecified atom stereocenters. The molecule has 2 aliphatic rings. The average molecular weight is 286 g/mol. The molecule has 2 aliphatic heterocycles. The lowest BCUT2D eigenvalue weighted by Gasteiger charge is -2.36. The van der Waals surface area contributed by atoms with Crippen LogP contribution in [0.25, 0.3) is 0 Å². The van der Waals surface area contributed by atoms with E-state index >= 15 is 0 Å². The van der Waals surface area contributed by atoms with Crippen LogP contribution in [0.15, 0.2) is 24.3 Å². The van der Waals surface area contributed by atoms with Crippen LogP contribution in [-0.2, 0) is 6.42 Å². The summed E-state index contributed by atoms with van der Waals surface area (Å²) in [6.45, 7) is 7.20. The number of hydrogen-bond acceptors (Lipinski definition) is 2. The fourth-order valence-corrected chi connectivity index (χ4v) is 4.11. The zero-order valence-corrected chi connectivity index (χ0v) is 13.6. The van der Waals surface area contributed by atoms with E-state index in [1.165, 1.54) is 62.7 Å². The average Bonchev–Trinajstić information content (AvgIpc) is 2.93. The number of hydrogen-bond donors (Lipinski definition) is 1. The number of nitrogens with one attached hydrogen (secondary N) is 1. The Bertz CT molecular complexity index is 457. The molecule has 0 radical (unpaired) electrons. The van der Waals surface area contributed by atoms with Crippen LogP contribution in [0.3, 0.4) is 0 Å². The second kappa shape index (κ2) is 6.93. The van der Waals surface area contributed by atoms with E-state index in [1.54, 1.807) is 0 Å². The van der Waals surface area contributed by atoms with Gasteiger partial charge < -0.3 is 10.2 Å². The fourth-order valence-electron chi connectivity index (χ4n) is 4.11. The Morgan fingerprint density at radius 3 is 3.05 bits per heavy atom. The summed E-state index contributed by atoms with van der Waals surface area (Å²) < 4.78 is 0. The van der Waals surface area contributed by atoms with Crippen LogP contribution < -0.4 is 5.32 Å².